The maximum absolute atomic E-state index is 12.8. The molecule has 2 aliphatic rings. The molecule has 2 unspecified atom stereocenters. The molecule has 2 aromatic rings. The molecule has 1 aliphatic heterocycles. The third-order valence-corrected chi connectivity index (χ3v) is 5.07. The predicted molar refractivity (Wildman–Crippen MR) is 103 cm³/mol. The molecule has 2 atom stereocenters. The van der Waals surface area contributed by atoms with E-state index >= 15 is 0 Å². The normalized spacial score (nSPS) is 20.0. The van der Waals surface area contributed by atoms with E-state index in [1.807, 2.05) is 29.2 Å². The zero-order chi connectivity index (χ0) is 19.0. The lowest BCUT2D eigenvalue weighted by Crippen LogP contribution is -2.31. The summed E-state index contributed by atoms with van der Waals surface area (Å²) in [5.41, 5.74) is 3.49. The molecule has 0 bridgehead atoms. The van der Waals surface area contributed by atoms with Crippen LogP contribution < -0.4 is 15.5 Å². The molecule has 1 heterocycles. The first-order chi connectivity index (χ1) is 13.0. The van der Waals surface area contributed by atoms with Crippen molar-refractivity contribution in [3.8, 4) is 0 Å². The lowest BCUT2D eigenvalue weighted by molar-refractivity contribution is -0.123. The summed E-state index contributed by atoms with van der Waals surface area (Å²) in [6.45, 7) is 2.13. The topological polar surface area (TPSA) is 78.5 Å². The number of carbonyl (C=O) groups is 3. The number of hydrogen-bond acceptors (Lipinski definition) is 3. The largest absolute Gasteiger partial charge is 0.326 e. The Morgan fingerprint density at radius 1 is 0.926 bits per heavy atom. The van der Waals surface area contributed by atoms with Gasteiger partial charge in [-0.05, 0) is 48.7 Å². The molecule has 0 saturated heterocycles. The number of anilines is 3. The van der Waals surface area contributed by atoms with Gasteiger partial charge in [-0.15, -0.1) is 0 Å². The maximum Gasteiger partial charge on any atom is 0.230 e. The Kier molecular flexibility index (Phi) is 4.39. The molecule has 0 spiro atoms. The monoisotopic (exact) mass is 363 g/mol. The number of para-hydroxylation sites is 1. The van der Waals surface area contributed by atoms with Gasteiger partial charge in [-0.3, -0.25) is 14.4 Å². The van der Waals surface area contributed by atoms with E-state index in [9.17, 15) is 14.4 Å². The molecule has 6 heteroatoms. The third kappa shape index (κ3) is 3.56. The van der Waals surface area contributed by atoms with Crippen LogP contribution in [0.5, 0.6) is 0 Å². The maximum atomic E-state index is 12.8. The molecule has 4 rings (SSSR count). The van der Waals surface area contributed by atoms with Crippen LogP contribution in [0.3, 0.4) is 0 Å². The van der Waals surface area contributed by atoms with Gasteiger partial charge in [0.15, 0.2) is 0 Å². The number of amides is 3. The molecule has 1 aliphatic carbocycles. The van der Waals surface area contributed by atoms with Crippen molar-refractivity contribution in [1.82, 2.24) is 0 Å². The second-order valence-electron chi connectivity index (χ2n) is 7.07. The Balaban J connectivity index is 1.35. The summed E-state index contributed by atoms with van der Waals surface area (Å²) < 4.78 is 0. The highest BCUT2D eigenvalue weighted by molar-refractivity contribution is 6.05. The number of carbonyl (C=O) groups excluding carboxylic acids is 3. The molecular formula is C21H21N3O3. The van der Waals surface area contributed by atoms with E-state index in [0.717, 1.165) is 12.1 Å². The quantitative estimate of drug-likeness (QED) is 0.877. The van der Waals surface area contributed by atoms with Crippen LogP contribution in [0.1, 0.15) is 18.9 Å². The molecule has 2 N–H and O–H groups in total. The van der Waals surface area contributed by atoms with Crippen LogP contribution >= 0.6 is 0 Å². The second kappa shape index (κ2) is 6.87. The van der Waals surface area contributed by atoms with Crippen molar-refractivity contribution in [2.45, 2.75) is 19.8 Å². The standard InChI is InChI=1S/C21H21N3O3/c1-13(25)22-15-6-8-16(9-7-15)23-20(26)17-12-18(17)21(27)24-11-10-14-4-2-3-5-19(14)24/h2-9,17-18H,10-12H2,1H3,(H,22,25)(H,23,26). The van der Waals surface area contributed by atoms with Crippen molar-refractivity contribution in [1.29, 1.82) is 0 Å². The van der Waals surface area contributed by atoms with Gasteiger partial charge in [-0.1, -0.05) is 18.2 Å². The fourth-order valence-electron chi connectivity index (χ4n) is 3.60. The molecule has 1 fully saturated rings. The molecule has 3 amide bonds. The lowest BCUT2D eigenvalue weighted by atomic mass is 10.2. The number of fused-ring (bicyclic) bond motifs is 1. The Morgan fingerprint density at radius 3 is 2.30 bits per heavy atom. The summed E-state index contributed by atoms with van der Waals surface area (Å²) in [6.07, 6.45) is 1.46. The van der Waals surface area contributed by atoms with Gasteiger partial charge < -0.3 is 15.5 Å². The van der Waals surface area contributed by atoms with Gasteiger partial charge in [0.05, 0.1) is 11.8 Å². The molecule has 27 heavy (non-hydrogen) atoms. The highest BCUT2D eigenvalue weighted by Crippen LogP contribution is 2.43. The van der Waals surface area contributed by atoms with Crippen molar-refractivity contribution >= 4 is 34.8 Å². The molecule has 6 nitrogen and oxygen atoms in total. The number of hydrogen-bond donors (Lipinski definition) is 2. The third-order valence-electron chi connectivity index (χ3n) is 5.07. The van der Waals surface area contributed by atoms with E-state index in [4.69, 9.17) is 0 Å². The van der Waals surface area contributed by atoms with Gasteiger partial charge in [0.1, 0.15) is 0 Å². The van der Waals surface area contributed by atoms with Crippen LogP contribution in [0, 0.1) is 11.8 Å². The number of nitrogens with zero attached hydrogens (tertiary/aromatic N) is 1. The highest BCUT2D eigenvalue weighted by Gasteiger charge is 2.50. The van der Waals surface area contributed by atoms with Crippen LogP contribution in [-0.2, 0) is 20.8 Å². The number of benzene rings is 2. The van der Waals surface area contributed by atoms with Crippen LogP contribution in [0.25, 0.3) is 0 Å². The minimum atomic E-state index is -0.278. The van der Waals surface area contributed by atoms with E-state index in [1.165, 1.54) is 12.5 Å². The zero-order valence-electron chi connectivity index (χ0n) is 15.1. The van der Waals surface area contributed by atoms with E-state index in [1.54, 1.807) is 24.3 Å². The molecular weight excluding hydrogens is 342 g/mol. The van der Waals surface area contributed by atoms with Crippen molar-refractivity contribution in [2.75, 3.05) is 22.1 Å². The van der Waals surface area contributed by atoms with Gasteiger partial charge in [0.2, 0.25) is 17.7 Å². The Bertz CT molecular complexity index is 907. The van der Waals surface area contributed by atoms with Gasteiger partial charge in [-0.25, -0.2) is 0 Å². The summed E-state index contributed by atoms with van der Waals surface area (Å²) in [5, 5.41) is 5.54. The first-order valence-corrected chi connectivity index (χ1v) is 9.11. The van der Waals surface area contributed by atoms with Crippen molar-refractivity contribution in [2.24, 2.45) is 11.8 Å². The van der Waals surface area contributed by atoms with Crippen LogP contribution in [0.2, 0.25) is 0 Å². The Labute approximate surface area is 157 Å². The van der Waals surface area contributed by atoms with Crippen molar-refractivity contribution in [3.63, 3.8) is 0 Å². The molecule has 0 radical (unpaired) electrons. The van der Waals surface area contributed by atoms with E-state index in [-0.39, 0.29) is 29.6 Å². The minimum Gasteiger partial charge on any atom is -0.326 e. The van der Waals surface area contributed by atoms with Gasteiger partial charge in [-0.2, -0.15) is 0 Å². The fourth-order valence-corrected chi connectivity index (χ4v) is 3.60. The summed E-state index contributed by atoms with van der Waals surface area (Å²) in [7, 11) is 0. The summed E-state index contributed by atoms with van der Waals surface area (Å²) in [6, 6.07) is 14.9. The van der Waals surface area contributed by atoms with Gasteiger partial charge >= 0.3 is 0 Å². The molecule has 0 aromatic heterocycles. The average molecular weight is 363 g/mol. The van der Waals surface area contributed by atoms with Crippen LogP contribution in [0.4, 0.5) is 17.1 Å². The van der Waals surface area contributed by atoms with Gasteiger partial charge in [0, 0.05) is 30.5 Å². The molecule has 1 saturated carbocycles. The number of rotatable bonds is 4. The average Bonchev–Trinajstić information content (AvgIpc) is 3.34. The van der Waals surface area contributed by atoms with Crippen molar-refractivity contribution in [3.05, 3.63) is 54.1 Å². The number of nitrogens with one attached hydrogen (secondary N) is 2. The Morgan fingerprint density at radius 2 is 1.59 bits per heavy atom. The molecule has 138 valence electrons. The first-order valence-electron chi connectivity index (χ1n) is 9.11. The van der Waals surface area contributed by atoms with Crippen molar-refractivity contribution < 1.29 is 14.4 Å². The van der Waals surface area contributed by atoms with Crippen LogP contribution in [-0.4, -0.2) is 24.3 Å². The molecule has 2 aromatic carbocycles. The minimum absolute atomic E-state index is 0.0427. The highest BCUT2D eigenvalue weighted by atomic mass is 16.2. The summed E-state index contributed by atoms with van der Waals surface area (Å²) in [4.78, 5) is 38.1. The fraction of sp³-hybridized carbons (Fsp3) is 0.286. The summed E-state index contributed by atoms with van der Waals surface area (Å²) >= 11 is 0. The van der Waals surface area contributed by atoms with Gasteiger partial charge in [0.25, 0.3) is 0 Å². The van der Waals surface area contributed by atoms with E-state index < -0.39 is 0 Å². The second-order valence-corrected chi connectivity index (χ2v) is 7.07. The SMILES string of the molecule is CC(=O)Nc1ccc(NC(=O)C2CC2C(=O)N2CCc3ccccc32)cc1. The van der Waals surface area contributed by atoms with E-state index in [0.29, 0.717) is 24.3 Å². The first kappa shape index (κ1) is 17.3. The predicted octanol–water partition coefficient (Wildman–Crippen LogP) is 2.81. The summed E-state index contributed by atoms with van der Waals surface area (Å²) in [5.74, 6) is -0.751. The lowest BCUT2D eigenvalue weighted by Gasteiger charge is -2.17. The Hall–Kier alpha value is -3.15. The zero-order valence-corrected chi connectivity index (χ0v) is 15.1. The smallest absolute Gasteiger partial charge is 0.230 e. The van der Waals surface area contributed by atoms with E-state index in [2.05, 4.69) is 10.6 Å². The van der Waals surface area contributed by atoms with Crippen LogP contribution in [0.15, 0.2) is 48.5 Å².